The van der Waals surface area contributed by atoms with Crippen molar-refractivity contribution in [3.63, 3.8) is 0 Å². The number of carbonyl (C=O) groups excluding carboxylic acids is 1. The van der Waals surface area contributed by atoms with Crippen molar-refractivity contribution < 1.29 is 13.9 Å². The van der Waals surface area contributed by atoms with E-state index in [-0.39, 0.29) is 12.2 Å². The number of benzene rings is 1. The number of esters is 1. The Bertz CT molecular complexity index is 550. The van der Waals surface area contributed by atoms with E-state index < -0.39 is 12.0 Å². The fourth-order valence-corrected chi connectivity index (χ4v) is 1.84. The molecule has 0 aliphatic carbocycles. The molecule has 5 heteroatoms. The van der Waals surface area contributed by atoms with Gasteiger partial charge < -0.3 is 15.5 Å². The molecule has 1 aromatic heterocycles. The molecule has 17 heavy (non-hydrogen) atoms. The molecule has 0 spiro atoms. The Morgan fingerprint density at radius 2 is 2.35 bits per heavy atom. The van der Waals surface area contributed by atoms with E-state index in [1.807, 2.05) is 0 Å². The highest BCUT2D eigenvalue weighted by molar-refractivity contribution is 5.85. The highest BCUT2D eigenvalue weighted by Crippen LogP contribution is 2.22. The number of ether oxygens (including phenoxy) is 1. The molecule has 0 aliphatic rings. The topological polar surface area (TPSA) is 68.1 Å². The van der Waals surface area contributed by atoms with E-state index in [0.717, 1.165) is 0 Å². The highest BCUT2D eigenvalue weighted by atomic mass is 19.1. The van der Waals surface area contributed by atoms with Crippen LogP contribution in [0.2, 0.25) is 0 Å². The molecule has 0 saturated carbocycles. The quantitative estimate of drug-likeness (QED) is 0.790. The van der Waals surface area contributed by atoms with Gasteiger partial charge in [0.05, 0.1) is 7.11 Å². The van der Waals surface area contributed by atoms with Crippen molar-refractivity contribution in [3.05, 3.63) is 35.8 Å². The molecule has 0 aliphatic heterocycles. The summed E-state index contributed by atoms with van der Waals surface area (Å²) in [7, 11) is 1.28. The normalized spacial score (nSPS) is 12.6. The lowest BCUT2D eigenvalue weighted by Gasteiger charge is -2.08. The van der Waals surface area contributed by atoms with Gasteiger partial charge in [-0.3, -0.25) is 4.79 Å². The number of H-pyrrole nitrogens is 1. The van der Waals surface area contributed by atoms with Gasteiger partial charge in [-0.05, 0) is 17.7 Å². The molecule has 1 atom stereocenters. The molecule has 1 aromatic carbocycles. The zero-order valence-corrected chi connectivity index (χ0v) is 9.37. The third-order valence-electron chi connectivity index (χ3n) is 2.68. The van der Waals surface area contributed by atoms with Crippen molar-refractivity contribution in [1.29, 1.82) is 0 Å². The second-order valence-electron chi connectivity index (χ2n) is 3.81. The van der Waals surface area contributed by atoms with Crippen LogP contribution in [0.4, 0.5) is 4.39 Å². The maximum absolute atomic E-state index is 13.6. The molecule has 0 fully saturated rings. The number of nitrogens with one attached hydrogen (secondary N) is 1. The summed E-state index contributed by atoms with van der Waals surface area (Å²) in [5.74, 6) is -0.827. The van der Waals surface area contributed by atoms with E-state index in [4.69, 9.17) is 5.73 Å². The molecule has 2 aromatic rings. The molecule has 0 radical (unpaired) electrons. The Balaban J connectivity index is 2.34. The molecule has 0 amide bonds. The van der Waals surface area contributed by atoms with Gasteiger partial charge in [-0.1, -0.05) is 6.07 Å². The minimum absolute atomic E-state index is 0.244. The summed E-state index contributed by atoms with van der Waals surface area (Å²) in [6.45, 7) is 0. The molecule has 2 rings (SSSR count). The Hall–Kier alpha value is -1.88. The average Bonchev–Trinajstić information content (AvgIpc) is 2.72. The maximum Gasteiger partial charge on any atom is 0.322 e. The van der Waals surface area contributed by atoms with Crippen LogP contribution in [0, 0.1) is 5.82 Å². The van der Waals surface area contributed by atoms with Crippen LogP contribution in [0.3, 0.4) is 0 Å². The molecular weight excluding hydrogens is 223 g/mol. The molecule has 3 N–H and O–H groups in total. The minimum Gasteiger partial charge on any atom is -0.468 e. The predicted molar refractivity (Wildman–Crippen MR) is 62.0 cm³/mol. The summed E-state index contributed by atoms with van der Waals surface area (Å²) in [5.41, 5.74) is 7.02. The fourth-order valence-electron chi connectivity index (χ4n) is 1.84. The summed E-state index contributed by atoms with van der Waals surface area (Å²) in [6, 6.07) is 3.99. The first-order valence-corrected chi connectivity index (χ1v) is 5.21. The number of aromatic nitrogens is 1. The number of hydrogen-bond donors (Lipinski definition) is 2. The lowest BCUT2D eigenvalue weighted by atomic mass is 10.1. The smallest absolute Gasteiger partial charge is 0.322 e. The van der Waals surface area contributed by atoms with Gasteiger partial charge in [-0.25, -0.2) is 4.39 Å². The lowest BCUT2D eigenvalue weighted by Crippen LogP contribution is -2.33. The minimum atomic E-state index is -0.779. The van der Waals surface area contributed by atoms with Crippen LogP contribution in [-0.2, 0) is 16.0 Å². The van der Waals surface area contributed by atoms with Gasteiger partial charge in [0.25, 0.3) is 0 Å². The van der Waals surface area contributed by atoms with Crippen LogP contribution < -0.4 is 5.73 Å². The van der Waals surface area contributed by atoms with Crippen molar-refractivity contribution in [2.45, 2.75) is 12.5 Å². The number of methoxy groups -OCH3 is 1. The first-order chi connectivity index (χ1) is 8.13. The Kier molecular flexibility index (Phi) is 3.10. The zero-order chi connectivity index (χ0) is 12.4. The summed E-state index contributed by atoms with van der Waals surface area (Å²) in [4.78, 5) is 14.2. The van der Waals surface area contributed by atoms with Crippen molar-refractivity contribution in [2.24, 2.45) is 5.73 Å². The second-order valence-corrected chi connectivity index (χ2v) is 3.81. The number of rotatable bonds is 3. The van der Waals surface area contributed by atoms with Crippen molar-refractivity contribution in [1.82, 2.24) is 4.98 Å². The fraction of sp³-hybridized carbons (Fsp3) is 0.250. The monoisotopic (exact) mass is 236 g/mol. The van der Waals surface area contributed by atoms with Gasteiger partial charge in [0, 0.05) is 23.5 Å². The maximum atomic E-state index is 13.6. The van der Waals surface area contributed by atoms with Crippen LogP contribution in [-0.4, -0.2) is 24.1 Å². The summed E-state index contributed by atoms with van der Waals surface area (Å²) in [6.07, 6.45) is 1.91. The van der Waals surface area contributed by atoms with Gasteiger partial charge in [0.2, 0.25) is 0 Å². The Labute approximate surface area is 97.6 Å². The standard InChI is InChI=1S/C12H13FN2O2/c1-17-12(16)9(14)5-7-6-15-10-4-2-3-8(13)11(7)10/h2-4,6,9,15H,5,14H2,1H3. The molecule has 0 saturated heterocycles. The van der Waals surface area contributed by atoms with E-state index in [9.17, 15) is 9.18 Å². The largest absolute Gasteiger partial charge is 0.468 e. The number of hydrogen-bond acceptors (Lipinski definition) is 3. The van der Waals surface area contributed by atoms with Gasteiger partial charge in [0.15, 0.2) is 0 Å². The second kappa shape index (κ2) is 4.55. The number of halogens is 1. The van der Waals surface area contributed by atoms with Crippen molar-refractivity contribution in [3.8, 4) is 0 Å². The van der Waals surface area contributed by atoms with Crippen LogP contribution in [0.25, 0.3) is 10.9 Å². The molecule has 4 nitrogen and oxygen atoms in total. The lowest BCUT2D eigenvalue weighted by molar-refractivity contribution is -0.142. The molecule has 1 heterocycles. The van der Waals surface area contributed by atoms with Crippen molar-refractivity contribution in [2.75, 3.05) is 7.11 Å². The van der Waals surface area contributed by atoms with Crippen LogP contribution >= 0.6 is 0 Å². The zero-order valence-electron chi connectivity index (χ0n) is 9.37. The van der Waals surface area contributed by atoms with E-state index in [1.165, 1.54) is 13.2 Å². The van der Waals surface area contributed by atoms with Gasteiger partial charge in [0.1, 0.15) is 11.9 Å². The molecule has 90 valence electrons. The first-order valence-electron chi connectivity index (χ1n) is 5.21. The first kappa shape index (κ1) is 11.6. The summed E-state index contributed by atoms with van der Waals surface area (Å²) < 4.78 is 18.2. The van der Waals surface area contributed by atoms with Gasteiger partial charge >= 0.3 is 5.97 Å². The van der Waals surface area contributed by atoms with Gasteiger partial charge in [-0.15, -0.1) is 0 Å². The number of aromatic amines is 1. The third kappa shape index (κ3) is 2.14. The summed E-state index contributed by atoms with van der Waals surface area (Å²) in [5, 5.41) is 0.479. The average molecular weight is 236 g/mol. The number of fused-ring (bicyclic) bond motifs is 1. The van der Waals surface area contributed by atoms with E-state index >= 15 is 0 Å². The van der Waals surface area contributed by atoms with E-state index in [0.29, 0.717) is 16.5 Å². The predicted octanol–water partition coefficient (Wildman–Crippen LogP) is 1.35. The third-order valence-corrected chi connectivity index (χ3v) is 2.68. The van der Waals surface area contributed by atoms with E-state index in [2.05, 4.69) is 9.72 Å². The molecule has 1 unspecified atom stereocenters. The van der Waals surface area contributed by atoms with Crippen molar-refractivity contribution >= 4 is 16.9 Å². The summed E-state index contributed by atoms with van der Waals surface area (Å²) >= 11 is 0. The van der Waals surface area contributed by atoms with Gasteiger partial charge in [-0.2, -0.15) is 0 Å². The van der Waals surface area contributed by atoms with Crippen LogP contribution in [0.15, 0.2) is 24.4 Å². The Morgan fingerprint density at radius 1 is 1.59 bits per heavy atom. The van der Waals surface area contributed by atoms with Crippen LogP contribution in [0.1, 0.15) is 5.56 Å². The number of carbonyl (C=O) groups is 1. The van der Waals surface area contributed by atoms with E-state index in [1.54, 1.807) is 18.3 Å². The van der Waals surface area contributed by atoms with Crippen LogP contribution in [0.5, 0.6) is 0 Å². The number of nitrogens with two attached hydrogens (primary N) is 1. The SMILES string of the molecule is COC(=O)C(N)Cc1c[nH]c2cccc(F)c12. The Morgan fingerprint density at radius 3 is 3.06 bits per heavy atom. The molecular formula is C12H13FN2O2. The highest BCUT2D eigenvalue weighted by Gasteiger charge is 2.17. The molecule has 0 bridgehead atoms.